The van der Waals surface area contributed by atoms with Crippen LogP contribution in [0.1, 0.15) is 49.4 Å². The van der Waals surface area contributed by atoms with Crippen LogP contribution in [0.5, 0.6) is 11.5 Å². The second kappa shape index (κ2) is 6.80. The third kappa shape index (κ3) is 3.88. The van der Waals surface area contributed by atoms with Gasteiger partial charge in [0.25, 0.3) is 5.91 Å². The topological polar surface area (TPSA) is 86.8 Å². The lowest BCUT2D eigenvalue weighted by molar-refractivity contribution is 0.0626. The Morgan fingerprint density at radius 2 is 1.76 bits per heavy atom. The van der Waals surface area contributed by atoms with Gasteiger partial charge in [0.1, 0.15) is 11.5 Å². The quantitative estimate of drug-likeness (QED) is 0.794. The summed E-state index contributed by atoms with van der Waals surface area (Å²) < 4.78 is 0. The van der Waals surface area contributed by atoms with Crippen molar-refractivity contribution >= 4 is 5.91 Å². The Hall–Kier alpha value is -1.75. The number of benzene rings is 1. The highest BCUT2D eigenvalue weighted by Crippen LogP contribution is 2.26. The first-order valence-electron chi connectivity index (χ1n) is 7.60. The first-order chi connectivity index (χ1) is 10.0. The molecule has 1 aromatic carbocycles. The van der Waals surface area contributed by atoms with Crippen molar-refractivity contribution in [3.8, 4) is 11.5 Å². The number of phenolic OH excluding ortho intramolecular Hbond substituents is 2. The van der Waals surface area contributed by atoms with Crippen molar-refractivity contribution in [3.63, 3.8) is 0 Å². The number of aromatic hydroxyl groups is 2. The molecule has 1 aliphatic rings. The van der Waals surface area contributed by atoms with Crippen molar-refractivity contribution in [2.75, 3.05) is 6.54 Å². The Balaban J connectivity index is 2.18. The number of carbonyl (C=O) groups is 1. The second-order valence-corrected chi connectivity index (χ2v) is 5.81. The van der Waals surface area contributed by atoms with Crippen LogP contribution in [0.4, 0.5) is 0 Å². The number of carbonyl (C=O) groups excluding carboxylic acids is 1. The SMILES string of the molecule is CCCN(C(=O)c1cc(O)cc(O)c1)C1CCC(N)CC1. The van der Waals surface area contributed by atoms with E-state index in [9.17, 15) is 15.0 Å². The molecule has 0 saturated heterocycles. The molecule has 5 nitrogen and oxygen atoms in total. The van der Waals surface area contributed by atoms with Gasteiger partial charge in [-0.2, -0.15) is 0 Å². The van der Waals surface area contributed by atoms with Crippen molar-refractivity contribution < 1.29 is 15.0 Å². The van der Waals surface area contributed by atoms with Gasteiger partial charge < -0.3 is 20.8 Å². The van der Waals surface area contributed by atoms with Crippen LogP contribution in [0.3, 0.4) is 0 Å². The highest BCUT2D eigenvalue weighted by molar-refractivity contribution is 5.95. The molecule has 0 heterocycles. The van der Waals surface area contributed by atoms with E-state index >= 15 is 0 Å². The van der Waals surface area contributed by atoms with E-state index in [2.05, 4.69) is 0 Å². The molecule has 0 unspecified atom stereocenters. The average molecular weight is 292 g/mol. The molecule has 1 amide bonds. The van der Waals surface area contributed by atoms with Crippen molar-refractivity contribution in [1.29, 1.82) is 0 Å². The number of nitrogens with zero attached hydrogens (tertiary/aromatic N) is 1. The zero-order valence-electron chi connectivity index (χ0n) is 12.5. The van der Waals surface area contributed by atoms with Gasteiger partial charge in [0.05, 0.1) is 0 Å². The lowest BCUT2D eigenvalue weighted by atomic mass is 9.90. The van der Waals surface area contributed by atoms with Crippen molar-refractivity contribution in [2.24, 2.45) is 5.73 Å². The minimum atomic E-state index is -0.136. The molecule has 0 aromatic heterocycles. The summed E-state index contributed by atoms with van der Waals surface area (Å²) in [7, 11) is 0. The average Bonchev–Trinajstić information content (AvgIpc) is 2.44. The van der Waals surface area contributed by atoms with E-state index in [1.807, 2.05) is 11.8 Å². The van der Waals surface area contributed by atoms with E-state index in [0.717, 1.165) is 32.1 Å². The van der Waals surface area contributed by atoms with E-state index in [1.165, 1.54) is 18.2 Å². The molecule has 2 rings (SSSR count). The zero-order chi connectivity index (χ0) is 15.4. The molecular formula is C16H24N2O3. The summed E-state index contributed by atoms with van der Waals surface area (Å²) in [6.07, 6.45) is 4.57. The fourth-order valence-electron chi connectivity index (χ4n) is 2.99. The van der Waals surface area contributed by atoms with Gasteiger partial charge in [-0.1, -0.05) is 6.92 Å². The summed E-state index contributed by atoms with van der Waals surface area (Å²) in [5, 5.41) is 19.1. The number of phenols is 2. The van der Waals surface area contributed by atoms with Gasteiger partial charge in [-0.3, -0.25) is 4.79 Å². The fourth-order valence-corrected chi connectivity index (χ4v) is 2.99. The number of nitrogens with two attached hydrogens (primary N) is 1. The molecule has 1 saturated carbocycles. The van der Waals surface area contributed by atoms with E-state index in [0.29, 0.717) is 12.1 Å². The molecule has 4 N–H and O–H groups in total. The van der Waals surface area contributed by atoms with Crippen LogP contribution >= 0.6 is 0 Å². The monoisotopic (exact) mass is 292 g/mol. The maximum atomic E-state index is 12.7. The van der Waals surface area contributed by atoms with Crippen LogP contribution in [0.25, 0.3) is 0 Å². The first-order valence-corrected chi connectivity index (χ1v) is 7.60. The largest absolute Gasteiger partial charge is 0.508 e. The predicted octanol–water partition coefficient (Wildman–Crippen LogP) is 2.22. The van der Waals surface area contributed by atoms with Crippen molar-refractivity contribution in [3.05, 3.63) is 23.8 Å². The molecule has 1 aromatic rings. The van der Waals surface area contributed by atoms with Gasteiger partial charge in [-0.05, 0) is 44.2 Å². The summed E-state index contributed by atoms with van der Waals surface area (Å²) in [4.78, 5) is 14.6. The summed E-state index contributed by atoms with van der Waals surface area (Å²) >= 11 is 0. The number of hydrogen-bond acceptors (Lipinski definition) is 4. The van der Waals surface area contributed by atoms with Crippen LogP contribution in [-0.4, -0.2) is 39.6 Å². The molecule has 1 aliphatic carbocycles. The Labute approximate surface area is 125 Å². The van der Waals surface area contributed by atoms with Crippen molar-refractivity contribution in [2.45, 2.75) is 51.1 Å². The third-order valence-corrected chi connectivity index (χ3v) is 4.06. The first kappa shape index (κ1) is 15.6. The summed E-state index contributed by atoms with van der Waals surface area (Å²) in [5.41, 5.74) is 6.26. The molecule has 1 fully saturated rings. The standard InChI is InChI=1S/C16H24N2O3/c1-2-7-18(13-5-3-12(17)4-6-13)16(21)11-8-14(19)10-15(20)9-11/h8-10,12-13,19-20H,2-7,17H2,1H3. The summed E-state index contributed by atoms with van der Waals surface area (Å²) in [5.74, 6) is -0.329. The fraction of sp³-hybridized carbons (Fsp3) is 0.562. The van der Waals surface area contributed by atoms with Gasteiger partial charge in [-0.15, -0.1) is 0 Å². The Morgan fingerprint density at radius 1 is 1.19 bits per heavy atom. The molecule has 0 bridgehead atoms. The molecular weight excluding hydrogens is 268 g/mol. The number of rotatable bonds is 4. The summed E-state index contributed by atoms with van der Waals surface area (Å²) in [6, 6.07) is 4.46. The Bertz CT molecular complexity index is 476. The minimum absolute atomic E-state index is 0.0968. The second-order valence-electron chi connectivity index (χ2n) is 5.81. The molecule has 21 heavy (non-hydrogen) atoms. The van der Waals surface area contributed by atoms with E-state index in [-0.39, 0.29) is 29.5 Å². The maximum absolute atomic E-state index is 12.7. The molecule has 5 heteroatoms. The van der Waals surface area contributed by atoms with E-state index in [4.69, 9.17) is 5.73 Å². The van der Waals surface area contributed by atoms with Crippen LogP contribution in [0.2, 0.25) is 0 Å². The molecule has 0 spiro atoms. The van der Waals surface area contributed by atoms with E-state index in [1.54, 1.807) is 0 Å². The van der Waals surface area contributed by atoms with Crippen LogP contribution in [0, 0.1) is 0 Å². The highest BCUT2D eigenvalue weighted by atomic mass is 16.3. The minimum Gasteiger partial charge on any atom is -0.508 e. The van der Waals surface area contributed by atoms with Gasteiger partial charge in [0.2, 0.25) is 0 Å². The van der Waals surface area contributed by atoms with Crippen molar-refractivity contribution in [1.82, 2.24) is 4.90 Å². The van der Waals surface area contributed by atoms with Gasteiger partial charge in [0.15, 0.2) is 0 Å². The number of amides is 1. The highest BCUT2D eigenvalue weighted by Gasteiger charge is 2.28. The van der Waals surface area contributed by atoms with Crippen LogP contribution in [0.15, 0.2) is 18.2 Å². The third-order valence-electron chi connectivity index (χ3n) is 4.06. The van der Waals surface area contributed by atoms with Gasteiger partial charge >= 0.3 is 0 Å². The molecule has 0 atom stereocenters. The molecule has 0 aliphatic heterocycles. The predicted molar refractivity (Wildman–Crippen MR) is 81.3 cm³/mol. The summed E-state index contributed by atoms with van der Waals surface area (Å²) in [6.45, 7) is 2.71. The maximum Gasteiger partial charge on any atom is 0.254 e. The van der Waals surface area contributed by atoms with Crippen LogP contribution < -0.4 is 5.73 Å². The zero-order valence-corrected chi connectivity index (χ0v) is 12.5. The number of hydrogen-bond donors (Lipinski definition) is 3. The smallest absolute Gasteiger partial charge is 0.254 e. The molecule has 0 radical (unpaired) electrons. The lowest BCUT2D eigenvalue weighted by Crippen LogP contribution is -2.44. The normalized spacial score (nSPS) is 22.0. The van der Waals surface area contributed by atoms with Gasteiger partial charge in [0, 0.05) is 30.3 Å². The van der Waals surface area contributed by atoms with E-state index < -0.39 is 0 Å². The Kier molecular flexibility index (Phi) is 5.07. The van der Waals surface area contributed by atoms with Gasteiger partial charge in [-0.25, -0.2) is 0 Å². The Morgan fingerprint density at radius 3 is 2.29 bits per heavy atom. The molecule has 116 valence electrons. The lowest BCUT2D eigenvalue weighted by Gasteiger charge is -2.36. The van der Waals surface area contributed by atoms with Crippen LogP contribution in [-0.2, 0) is 0 Å².